The molecule has 0 aromatic heterocycles. The molecule has 1 aliphatic heterocycles. The van der Waals surface area contributed by atoms with Crippen molar-refractivity contribution in [2.45, 2.75) is 89.1 Å². The van der Waals surface area contributed by atoms with Gasteiger partial charge in [-0.3, -0.25) is 29.0 Å². The van der Waals surface area contributed by atoms with Crippen molar-refractivity contribution in [3.05, 3.63) is 0 Å². The zero-order valence-corrected chi connectivity index (χ0v) is 16.1. The van der Waals surface area contributed by atoms with Crippen LogP contribution in [-0.2, 0) is 19.2 Å². The van der Waals surface area contributed by atoms with Gasteiger partial charge in [0.15, 0.2) is 11.7 Å². The molecule has 3 aliphatic rings. The largest absolute Gasteiger partial charge is 0.481 e. The van der Waals surface area contributed by atoms with Crippen LogP contribution >= 0.6 is 0 Å². The summed E-state index contributed by atoms with van der Waals surface area (Å²) in [4.78, 5) is 65.0. The van der Waals surface area contributed by atoms with Gasteiger partial charge >= 0.3 is 12.0 Å². The number of carboxylic acids is 1. The summed E-state index contributed by atoms with van der Waals surface area (Å²) >= 11 is 0. The van der Waals surface area contributed by atoms with E-state index in [4.69, 9.17) is 5.11 Å². The Labute approximate surface area is 164 Å². The predicted octanol–water partition coefficient (Wildman–Crippen LogP) is 2.49. The molecule has 0 bridgehead atoms. The molecule has 0 aromatic carbocycles. The van der Waals surface area contributed by atoms with Gasteiger partial charge in [0, 0.05) is 18.5 Å². The summed E-state index contributed by atoms with van der Waals surface area (Å²) in [6.07, 6.45) is 7.58. The van der Waals surface area contributed by atoms with E-state index in [1.807, 2.05) is 0 Å². The van der Waals surface area contributed by atoms with Gasteiger partial charge in [-0.1, -0.05) is 38.5 Å². The molecular formula is C20H28N2O6. The number of carboxylic acid groups (broad SMARTS) is 1. The minimum absolute atomic E-state index is 0.289. The maximum absolute atomic E-state index is 13.2. The van der Waals surface area contributed by atoms with Gasteiger partial charge in [-0.15, -0.1) is 0 Å². The number of Topliss-reactive ketones (excluding diaryl/α,β-unsaturated/α-hetero) is 1. The molecule has 154 valence electrons. The minimum atomic E-state index is -1.58. The highest BCUT2D eigenvalue weighted by molar-refractivity contribution is 6.26. The van der Waals surface area contributed by atoms with Crippen LogP contribution in [0.2, 0.25) is 0 Å². The molecule has 8 heteroatoms. The third kappa shape index (κ3) is 4.10. The van der Waals surface area contributed by atoms with Crippen molar-refractivity contribution in [3.63, 3.8) is 0 Å². The number of imide groups is 2. The van der Waals surface area contributed by atoms with Crippen LogP contribution in [0.3, 0.4) is 0 Å². The highest BCUT2D eigenvalue weighted by atomic mass is 16.4. The Balaban J connectivity index is 1.90. The number of urea groups is 1. The number of amides is 4. The fourth-order valence-corrected chi connectivity index (χ4v) is 4.69. The van der Waals surface area contributed by atoms with Crippen molar-refractivity contribution < 1.29 is 29.1 Å². The molecule has 1 heterocycles. The molecule has 4 amide bonds. The zero-order chi connectivity index (χ0) is 20.3. The maximum atomic E-state index is 13.2. The Bertz CT molecular complexity index is 624. The average Bonchev–Trinajstić information content (AvgIpc) is 2.68. The lowest BCUT2D eigenvalue weighted by atomic mass is 9.87. The molecule has 3 rings (SSSR count). The molecule has 0 unspecified atom stereocenters. The summed E-state index contributed by atoms with van der Waals surface area (Å²) in [7, 11) is 0. The first kappa shape index (κ1) is 20.5. The van der Waals surface area contributed by atoms with Crippen molar-refractivity contribution in [1.82, 2.24) is 9.80 Å². The SMILES string of the molecule is O=C(O)CCC(=O)C1C(=O)N(C2CCCCC2)C(=O)N(C2CCCCC2)C1=O. The van der Waals surface area contributed by atoms with Gasteiger partial charge in [-0.05, 0) is 25.7 Å². The van der Waals surface area contributed by atoms with Crippen LogP contribution in [0.5, 0.6) is 0 Å². The Morgan fingerprint density at radius 3 is 1.57 bits per heavy atom. The van der Waals surface area contributed by atoms with E-state index in [0.29, 0.717) is 25.7 Å². The summed E-state index contributed by atoms with van der Waals surface area (Å²) in [5.74, 6) is -4.96. The lowest BCUT2D eigenvalue weighted by molar-refractivity contribution is -0.157. The Morgan fingerprint density at radius 2 is 1.18 bits per heavy atom. The zero-order valence-electron chi connectivity index (χ0n) is 16.1. The summed E-state index contributed by atoms with van der Waals surface area (Å²) < 4.78 is 0. The standard InChI is InChI=1S/C20H28N2O6/c23-15(11-12-16(24)25)17-18(26)21(13-7-3-1-4-8-13)20(28)22(19(17)27)14-9-5-2-6-10-14/h13-14,17H,1-12H2,(H,24,25). The second-order valence-electron chi connectivity index (χ2n) is 8.08. The molecule has 0 spiro atoms. The lowest BCUT2D eigenvalue weighted by Crippen LogP contribution is -2.66. The quantitative estimate of drug-likeness (QED) is 0.695. The Kier molecular flexibility index (Phi) is 6.46. The van der Waals surface area contributed by atoms with Crippen LogP contribution in [0.1, 0.15) is 77.0 Å². The number of hydrogen-bond donors (Lipinski definition) is 1. The van der Waals surface area contributed by atoms with Crippen LogP contribution in [0.25, 0.3) is 0 Å². The maximum Gasteiger partial charge on any atom is 0.333 e. The monoisotopic (exact) mass is 392 g/mol. The van der Waals surface area contributed by atoms with Crippen molar-refractivity contribution >= 4 is 29.6 Å². The molecular weight excluding hydrogens is 364 g/mol. The number of carbonyl (C=O) groups excluding carboxylic acids is 4. The van der Waals surface area contributed by atoms with Crippen LogP contribution in [-0.4, -0.2) is 56.6 Å². The number of hydrogen-bond acceptors (Lipinski definition) is 5. The van der Waals surface area contributed by atoms with Gasteiger partial charge in [-0.25, -0.2) is 4.79 Å². The molecule has 1 N–H and O–H groups in total. The van der Waals surface area contributed by atoms with Gasteiger partial charge in [0.25, 0.3) is 11.8 Å². The van der Waals surface area contributed by atoms with Crippen molar-refractivity contribution in [3.8, 4) is 0 Å². The number of aliphatic carboxylic acids is 1. The fourth-order valence-electron chi connectivity index (χ4n) is 4.69. The highest BCUT2D eigenvalue weighted by Gasteiger charge is 2.52. The molecule has 1 saturated heterocycles. The van der Waals surface area contributed by atoms with Gasteiger partial charge in [0.05, 0.1) is 6.42 Å². The molecule has 3 fully saturated rings. The van der Waals surface area contributed by atoms with Crippen molar-refractivity contribution in [1.29, 1.82) is 0 Å². The number of rotatable bonds is 6. The van der Waals surface area contributed by atoms with Crippen LogP contribution in [0.4, 0.5) is 4.79 Å². The molecule has 28 heavy (non-hydrogen) atoms. The van der Waals surface area contributed by atoms with Gasteiger partial charge in [-0.2, -0.15) is 0 Å². The molecule has 0 aromatic rings. The molecule has 2 saturated carbocycles. The van der Waals surface area contributed by atoms with E-state index in [0.717, 1.165) is 48.3 Å². The smallest absolute Gasteiger partial charge is 0.333 e. The van der Waals surface area contributed by atoms with E-state index in [1.54, 1.807) is 0 Å². The predicted molar refractivity (Wildman–Crippen MR) is 98.2 cm³/mol. The van der Waals surface area contributed by atoms with Crippen LogP contribution in [0, 0.1) is 5.92 Å². The second-order valence-corrected chi connectivity index (χ2v) is 8.08. The molecule has 0 radical (unpaired) electrons. The number of nitrogens with zero attached hydrogens (tertiary/aromatic N) is 2. The molecule has 8 nitrogen and oxygen atoms in total. The first-order valence-electron chi connectivity index (χ1n) is 10.4. The first-order valence-corrected chi connectivity index (χ1v) is 10.4. The van der Waals surface area contributed by atoms with E-state index in [-0.39, 0.29) is 18.5 Å². The van der Waals surface area contributed by atoms with Crippen molar-refractivity contribution in [2.75, 3.05) is 0 Å². The summed E-state index contributed by atoms with van der Waals surface area (Å²) in [5, 5.41) is 8.85. The summed E-state index contributed by atoms with van der Waals surface area (Å²) in [6, 6.07) is -1.17. The lowest BCUT2D eigenvalue weighted by Gasteiger charge is -2.44. The van der Waals surface area contributed by atoms with E-state index in [9.17, 15) is 24.0 Å². The van der Waals surface area contributed by atoms with E-state index < -0.39 is 41.9 Å². The van der Waals surface area contributed by atoms with Gasteiger partial charge in [0.1, 0.15) is 0 Å². The third-order valence-electron chi connectivity index (χ3n) is 6.17. The Morgan fingerprint density at radius 1 is 0.750 bits per heavy atom. The number of carbonyl (C=O) groups is 5. The van der Waals surface area contributed by atoms with E-state index in [1.165, 1.54) is 0 Å². The topological polar surface area (TPSA) is 112 Å². The normalized spacial score (nSPS) is 23.4. The molecule has 0 atom stereocenters. The van der Waals surface area contributed by atoms with Crippen molar-refractivity contribution in [2.24, 2.45) is 5.92 Å². The highest BCUT2D eigenvalue weighted by Crippen LogP contribution is 2.33. The van der Waals surface area contributed by atoms with E-state index in [2.05, 4.69) is 0 Å². The van der Waals surface area contributed by atoms with Gasteiger partial charge < -0.3 is 5.11 Å². The van der Waals surface area contributed by atoms with E-state index >= 15 is 0 Å². The summed E-state index contributed by atoms with van der Waals surface area (Å²) in [6.45, 7) is 0. The third-order valence-corrected chi connectivity index (χ3v) is 6.17. The first-order chi connectivity index (χ1) is 13.4. The number of ketones is 1. The average molecular weight is 392 g/mol. The second kappa shape index (κ2) is 8.84. The van der Waals surface area contributed by atoms with Crippen LogP contribution < -0.4 is 0 Å². The van der Waals surface area contributed by atoms with Crippen LogP contribution in [0.15, 0.2) is 0 Å². The Hall–Kier alpha value is -2.25. The molecule has 2 aliphatic carbocycles. The van der Waals surface area contributed by atoms with Gasteiger partial charge in [0.2, 0.25) is 0 Å². The fraction of sp³-hybridized carbons (Fsp3) is 0.750. The summed E-state index contributed by atoms with van der Waals surface area (Å²) in [5.41, 5.74) is 0. The minimum Gasteiger partial charge on any atom is -0.481 e. The number of barbiturate groups is 1.